The number of hydrogen-bond donors (Lipinski definition) is 2. The zero-order chi connectivity index (χ0) is 14.8. The molecule has 1 aromatic rings. The summed E-state index contributed by atoms with van der Waals surface area (Å²) in [5.74, 6) is -1.03. The molecule has 0 spiro atoms. The highest BCUT2D eigenvalue weighted by molar-refractivity contribution is 7.89. The van der Waals surface area contributed by atoms with Gasteiger partial charge in [0, 0.05) is 11.6 Å². The van der Waals surface area contributed by atoms with Crippen LogP contribution >= 0.6 is 11.6 Å². The van der Waals surface area contributed by atoms with Gasteiger partial charge in [-0.05, 0) is 12.1 Å². The minimum atomic E-state index is -4.06. The van der Waals surface area contributed by atoms with Gasteiger partial charge in [0.1, 0.15) is 4.90 Å². The second-order valence-electron chi connectivity index (χ2n) is 4.23. The van der Waals surface area contributed by atoms with Gasteiger partial charge in [-0.1, -0.05) is 11.6 Å². The van der Waals surface area contributed by atoms with Crippen LogP contribution in [-0.4, -0.2) is 40.9 Å². The lowest BCUT2D eigenvalue weighted by Gasteiger charge is -2.23. The number of sulfonamides is 1. The fraction of sp³-hybridized carbons (Fsp3) is 0.455. The fourth-order valence-electron chi connectivity index (χ4n) is 1.71. The molecule has 112 valence electrons. The number of nitrogens with two attached hydrogens (primary N) is 1. The van der Waals surface area contributed by atoms with Crippen LogP contribution in [0.25, 0.3) is 0 Å². The van der Waals surface area contributed by atoms with Crippen LogP contribution in [0.2, 0.25) is 5.02 Å². The molecule has 1 heterocycles. The lowest BCUT2D eigenvalue weighted by Crippen LogP contribution is -2.39. The highest BCUT2D eigenvalue weighted by Gasteiger charge is 2.24. The molecule has 1 saturated heterocycles. The maximum atomic E-state index is 13.8. The summed E-state index contributed by atoms with van der Waals surface area (Å²) in [6.45, 7) is 1.13. The van der Waals surface area contributed by atoms with Gasteiger partial charge in [0.05, 0.1) is 31.6 Å². The van der Waals surface area contributed by atoms with Crippen LogP contribution in [0, 0.1) is 5.82 Å². The largest absolute Gasteiger partial charge is 0.396 e. The monoisotopic (exact) mass is 324 g/mol. The van der Waals surface area contributed by atoms with E-state index in [4.69, 9.17) is 26.8 Å². The molecular formula is C11H14ClFN2O4S. The number of anilines is 1. The number of nitrogen functional groups attached to an aromatic ring is 1. The van der Waals surface area contributed by atoms with E-state index in [-0.39, 0.29) is 23.9 Å². The molecule has 1 atom stereocenters. The number of nitrogens with one attached hydrogen (secondary N) is 1. The first-order chi connectivity index (χ1) is 9.40. The lowest BCUT2D eigenvalue weighted by atomic mass is 10.3. The zero-order valence-electron chi connectivity index (χ0n) is 10.4. The maximum absolute atomic E-state index is 13.8. The predicted octanol–water partition coefficient (Wildman–Crippen LogP) is 0.755. The molecule has 0 aliphatic carbocycles. The van der Waals surface area contributed by atoms with Gasteiger partial charge in [-0.2, -0.15) is 0 Å². The maximum Gasteiger partial charge on any atom is 0.243 e. The van der Waals surface area contributed by atoms with Crippen molar-refractivity contribution in [3.63, 3.8) is 0 Å². The molecule has 2 rings (SSSR count). The standard InChI is InChI=1S/C11H14ClFN2O4S/c12-7-3-9(14)11(13)10(4-7)20(16,17)15-5-8-6-18-1-2-19-8/h3-4,8,15H,1-2,5-6,14H2. The molecule has 0 saturated carbocycles. The average molecular weight is 325 g/mol. The van der Waals surface area contributed by atoms with Crippen molar-refractivity contribution in [3.8, 4) is 0 Å². The van der Waals surface area contributed by atoms with Crippen molar-refractivity contribution < 1.29 is 22.3 Å². The SMILES string of the molecule is Nc1cc(Cl)cc(S(=O)(=O)NCC2COCCO2)c1F. The molecular weight excluding hydrogens is 311 g/mol. The molecule has 1 aliphatic rings. The fourth-order valence-corrected chi connectivity index (χ4v) is 3.20. The molecule has 0 radical (unpaired) electrons. The van der Waals surface area contributed by atoms with Gasteiger partial charge < -0.3 is 15.2 Å². The first-order valence-corrected chi connectivity index (χ1v) is 7.70. The van der Waals surface area contributed by atoms with Crippen LogP contribution in [-0.2, 0) is 19.5 Å². The van der Waals surface area contributed by atoms with Crippen molar-refractivity contribution in [2.45, 2.75) is 11.0 Å². The van der Waals surface area contributed by atoms with Crippen LogP contribution in [0.4, 0.5) is 10.1 Å². The molecule has 20 heavy (non-hydrogen) atoms. The second kappa shape index (κ2) is 6.23. The lowest BCUT2D eigenvalue weighted by molar-refractivity contribution is -0.0847. The second-order valence-corrected chi connectivity index (χ2v) is 6.40. The highest BCUT2D eigenvalue weighted by atomic mass is 35.5. The molecule has 6 nitrogen and oxygen atoms in total. The summed E-state index contributed by atoms with van der Waals surface area (Å²) >= 11 is 5.69. The zero-order valence-corrected chi connectivity index (χ0v) is 12.0. The van der Waals surface area contributed by atoms with Crippen molar-refractivity contribution in [2.24, 2.45) is 0 Å². The van der Waals surface area contributed by atoms with Crippen LogP contribution in [0.15, 0.2) is 17.0 Å². The Morgan fingerprint density at radius 1 is 1.45 bits per heavy atom. The Balaban J connectivity index is 2.14. The van der Waals surface area contributed by atoms with Gasteiger partial charge in [0.25, 0.3) is 0 Å². The molecule has 1 fully saturated rings. The average Bonchev–Trinajstić information content (AvgIpc) is 2.42. The van der Waals surface area contributed by atoms with Crippen molar-refractivity contribution in [1.29, 1.82) is 0 Å². The third kappa shape index (κ3) is 3.58. The Kier molecular flexibility index (Phi) is 4.82. The van der Waals surface area contributed by atoms with E-state index in [9.17, 15) is 12.8 Å². The molecule has 3 N–H and O–H groups in total. The van der Waals surface area contributed by atoms with Gasteiger partial charge in [0.2, 0.25) is 10.0 Å². The first kappa shape index (κ1) is 15.5. The molecule has 1 aliphatic heterocycles. The smallest absolute Gasteiger partial charge is 0.243 e. The summed E-state index contributed by atoms with van der Waals surface area (Å²) in [4.78, 5) is -0.584. The highest BCUT2D eigenvalue weighted by Crippen LogP contribution is 2.25. The van der Waals surface area contributed by atoms with Crippen LogP contribution in [0.3, 0.4) is 0 Å². The van der Waals surface area contributed by atoms with Crippen LogP contribution in [0.1, 0.15) is 0 Å². The number of halogens is 2. The molecule has 0 amide bonds. The van der Waals surface area contributed by atoms with Crippen molar-refractivity contribution in [3.05, 3.63) is 23.0 Å². The number of hydrogen-bond acceptors (Lipinski definition) is 5. The van der Waals surface area contributed by atoms with E-state index in [0.717, 1.165) is 12.1 Å². The third-order valence-electron chi connectivity index (χ3n) is 2.71. The van der Waals surface area contributed by atoms with Crippen molar-refractivity contribution >= 4 is 27.3 Å². The summed E-state index contributed by atoms with van der Waals surface area (Å²) < 4.78 is 50.5. The molecule has 0 bridgehead atoms. The van der Waals surface area contributed by atoms with Crippen LogP contribution < -0.4 is 10.5 Å². The Morgan fingerprint density at radius 3 is 2.85 bits per heavy atom. The van der Waals surface area contributed by atoms with Gasteiger partial charge in [-0.25, -0.2) is 17.5 Å². The van der Waals surface area contributed by atoms with E-state index in [0.29, 0.717) is 13.2 Å². The van der Waals surface area contributed by atoms with Gasteiger partial charge in [0.15, 0.2) is 5.82 Å². The molecule has 1 aromatic carbocycles. The summed E-state index contributed by atoms with van der Waals surface area (Å²) in [6.07, 6.45) is -0.405. The summed E-state index contributed by atoms with van der Waals surface area (Å²) in [5.41, 5.74) is 5.04. The van der Waals surface area contributed by atoms with Gasteiger partial charge in [-0.15, -0.1) is 0 Å². The molecule has 0 aromatic heterocycles. The van der Waals surface area contributed by atoms with E-state index in [1.54, 1.807) is 0 Å². The number of rotatable bonds is 4. The Hall–Kier alpha value is -0.930. The van der Waals surface area contributed by atoms with Gasteiger partial charge in [-0.3, -0.25) is 0 Å². The van der Waals surface area contributed by atoms with E-state index >= 15 is 0 Å². The van der Waals surface area contributed by atoms with Gasteiger partial charge >= 0.3 is 0 Å². The summed E-state index contributed by atoms with van der Waals surface area (Å²) in [6, 6.07) is 2.15. The minimum absolute atomic E-state index is 0.0197. The predicted molar refractivity (Wildman–Crippen MR) is 71.6 cm³/mol. The normalized spacial score (nSPS) is 20.0. The number of ether oxygens (including phenoxy) is 2. The van der Waals surface area contributed by atoms with E-state index in [1.807, 2.05) is 0 Å². The molecule has 9 heteroatoms. The first-order valence-electron chi connectivity index (χ1n) is 5.83. The van der Waals surface area contributed by atoms with Crippen molar-refractivity contribution in [2.75, 3.05) is 32.1 Å². The summed E-state index contributed by atoms with van der Waals surface area (Å²) in [7, 11) is -4.06. The minimum Gasteiger partial charge on any atom is -0.396 e. The molecule has 1 unspecified atom stereocenters. The Labute approximate surface area is 121 Å². The topological polar surface area (TPSA) is 90.7 Å². The van der Waals surface area contributed by atoms with Crippen molar-refractivity contribution in [1.82, 2.24) is 4.72 Å². The van der Waals surface area contributed by atoms with Crippen LogP contribution in [0.5, 0.6) is 0 Å². The number of benzene rings is 1. The van der Waals surface area contributed by atoms with E-state index < -0.39 is 26.8 Å². The quantitative estimate of drug-likeness (QED) is 0.798. The van der Waals surface area contributed by atoms with E-state index in [2.05, 4.69) is 4.72 Å². The Morgan fingerprint density at radius 2 is 2.20 bits per heavy atom. The Bertz CT molecular complexity index is 590. The summed E-state index contributed by atoms with van der Waals surface area (Å²) in [5, 5.41) is 0.0431. The third-order valence-corrected chi connectivity index (χ3v) is 4.35. The van der Waals surface area contributed by atoms with E-state index in [1.165, 1.54) is 0 Å².